The molecule has 2 aliphatic rings. The number of anilines is 2. The van der Waals surface area contributed by atoms with Crippen molar-refractivity contribution >= 4 is 29.8 Å². The van der Waals surface area contributed by atoms with Crippen molar-refractivity contribution in [2.75, 3.05) is 10.2 Å². The lowest BCUT2D eigenvalue weighted by molar-refractivity contribution is -0.117. The quantitative estimate of drug-likeness (QED) is 0.329. The molecular weight excluding hydrogens is 391 g/mol. The molecule has 2 heterocycles. The first-order valence-corrected chi connectivity index (χ1v) is 9.58. The number of dihydropyridines is 1. The number of nitrogens with two attached hydrogens (primary N) is 1. The van der Waals surface area contributed by atoms with Gasteiger partial charge in [0.05, 0.1) is 30.1 Å². The molecular formula is C19H25FN8O2. The first-order chi connectivity index (χ1) is 14.3. The fourth-order valence-corrected chi connectivity index (χ4v) is 2.92. The molecule has 11 heteroatoms. The number of hydrogen-bond acceptors (Lipinski definition) is 7. The molecule has 1 aromatic heterocycles. The van der Waals surface area contributed by atoms with Gasteiger partial charge < -0.3 is 21.5 Å². The molecule has 4 unspecified atom stereocenters. The van der Waals surface area contributed by atoms with Gasteiger partial charge >= 0.3 is 0 Å². The zero-order valence-electron chi connectivity index (χ0n) is 16.7. The van der Waals surface area contributed by atoms with Gasteiger partial charge in [0.1, 0.15) is 24.1 Å². The van der Waals surface area contributed by atoms with Crippen LogP contribution in [-0.2, 0) is 4.79 Å². The Morgan fingerprint density at radius 1 is 1.60 bits per heavy atom. The van der Waals surface area contributed by atoms with Gasteiger partial charge in [0.2, 0.25) is 11.9 Å². The zero-order valence-corrected chi connectivity index (χ0v) is 16.7. The zero-order chi connectivity index (χ0) is 21.8. The molecule has 0 spiro atoms. The van der Waals surface area contributed by atoms with Crippen LogP contribution >= 0.6 is 0 Å². The van der Waals surface area contributed by atoms with Gasteiger partial charge in [0.25, 0.3) is 0 Å². The summed E-state index contributed by atoms with van der Waals surface area (Å²) in [5, 5.41) is 23.3. The second kappa shape index (κ2) is 8.99. The molecule has 1 saturated carbocycles. The number of nitrogens with zero attached hydrogens (tertiary/aromatic N) is 4. The van der Waals surface area contributed by atoms with Gasteiger partial charge in [-0.1, -0.05) is 13.0 Å². The number of guanidine groups is 1. The summed E-state index contributed by atoms with van der Waals surface area (Å²) in [5.41, 5.74) is 7.45. The van der Waals surface area contributed by atoms with Crippen LogP contribution in [0.5, 0.6) is 0 Å². The maximum absolute atomic E-state index is 13.0. The van der Waals surface area contributed by atoms with Crippen LogP contribution in [0.25, 0.3) is 0 Å². The number of carbonyl (C=O) groups excluding carboxylic acids is 1. The van der Waals surface area contributed by atoms with Crippen LogP contribution < -0.4 is 21.3 Å². The predicted octanol–water partition coefficient (Wildman–Crippen LogP) is 1.03. The average molecular weight is 416 g/mol. The van der Waals surface area contributed by atoms with E-state index in [2.05, 4.69) is 25.6 Å². The van der Waals surface area contributed by atoms with Crippen LogP contribution in [0.3, 0.4) is 0 Å². The van der Waals surface area contributed by atoms with Crippen LogP contribution in [0.4, 0.5) is 16.0 Å². The standard InChI is InChI=1S/C19H25FN8O2/c1-3-15(29)13-4-10(2)14(7-23-13)26-19(22)28(8-21)17-6-16(24-9-25-17)27-18(30)11-5-12(11)20/h4,6-9,11-13,15,21,23,29H,3,5H2,1-2H3,(H2,22,26)(H,24,25,27,30). The number of rotatable bonds is 7. The summed E-state index contributed by atoms with van der Waals surface area (Å²) in [6.45, 7) is 3.74. The molecule has 4 atom stereocenters. The topological polar surface area (TPSA) is 153 Å². The maximum atomic E-state index is 13.0. The van der Waals surface area contributed by atoms with Crippen molar-refractivity contribution in [3.05, 3.63) is 35.9 Å². The van der Waals surface area contributed by atoms with Gasteiger partial charge in [-0.3, -0.25) is 15.1 Å². The minimum Gasteiger partial charge on any atom is -0.391 e. The van der Waals surface area contributed by atoms with E-state index < -0.39 is 24.1 Å². The van der Waals surface area contributed by atoms with E-state index in [-0.39, 0.29) is 30.1 Å². The van der Waals surface area contributed by atoms with Gasteiger partial charge in [0.15, 0.2) is 0 Å². The number of aromatic nitrogens is 2. The second-order valence-corrected chi connectivity index (χ2v) is 7.13. The number of hydrogen-bond donors (Lipinski definition) is 5. The first-order valence-electron chi connectivity index (χ1n) is 9.58. The SMILES string of the molecule is CCC(O)C1C=C(C)C(N=C(N)N(C=N)c2cc(NC(=O)C3CC3F)ncn2)=CN1. The number of aliphatic imine (C=N–C) groups is 1. The molecule has 30 heavy (non-hydrogen) atoms. The van der Waals surface area contributed by atoms with Crippen molar-refractivity contribution in [1.82, 2.24) is 15.3 Å². The van der Waals surface area contributed by atoms with E-state index in [1.165, 1.54) is 17.3 Å². The predicted molar refractivity (Wildman–Crippen MR) is 112 cm³/mol. The number of nitrogens with one attached hydrogen (secondary N) is 3. The van der Waals surface area contributed by atoms with Crippen LogP contribution in [0.1, 0.15) is 26.7 Å². The van der Waals surface area contributed by atoms with E-state index in [4.69, 9.17) is 11.1 Å². The number of aliphatic hydroxyl groups is 1. The Balaban J connectivity index is 1.75. The molecule has 0 bridgehead atoms. The minimum atomic E-state index is -1.11. The Morgan fingerprint density at radius 2 is 2.33 bits per heavy atom. The van der Waals surface area contributed by atoms with Crippen molar-refractivity contribution in [3.63, 3.8) is 0 Å². The van der Waals surface area contributed by atoms with Crippen LogP contribution in [0.2, 0.25) is 0 Å². The first kappa shape index (κ1) is 21.4. The Bertz CT molecular complexity index is 916. The van der Waals surface area contributed by atoms with Crippen molar-refractivity contribution < 1.29 is 14.3 Å². The average Bonchev–Trinajstić information content (AvgIpc) is 3.46. The number of carbonyl (C=O) groups is 1. The second-order valence-electron chi connectivity index (χ2n) is 7.13. The maximum Gasteiger partial charge on any atom is 0.231 e. The van der Waals surface area contributed by atoms with E-state index in [1.807, 2.05) is 19.9 Å². The molecule has 0 radical (unpaired) electrons. The monoisotopic (exact) mass is 416 g/mol. The Morgan fingerprint density at radius 3 is 2.93 bits per heavy atom. The number of alkyl halides is 1. The summed E-state index contributed by atoms with van der Waals surface area (Å²) in [7, 11) is 0. The summed E-state index contributed by atoms with van der Waals surface area (Å²) in [6, 6.07) is 1.21. The highest BCUT2D eigenvalue weighted by atomic mass is 19.1. The molecule has 1 amide bonds. The molecule has 0 saturated heterocycles. The van der Waals surface area contributed by atoms with E-state index >= 15 is 0 Å². The fraction of sp³-hybridized carbons (Fsp3) is 0.421. The molecule has 6 N–H and O–H groups in total. The molecule has 1 aliphatic heterocycles. The molecule has 1 aromatic rings. The highest BCUT2D eigenvalue weighted by molar-refractivity contribution is 6.08. The molecule has 10 nitrogen and oxygen atoms in total. The van der Waals surface area contributed by atoms with Gasteiger partial charge in [0, 0.05) is 12.3 Å². The summed E-state index contributed by atoms with van der Waals surface area (Å²) in [4.78, 5) is 25.5. The van der Waals surface area contributed by atoms with E-state index in [9.17, 15) is 14.3 Å². The molecule has 1 aliphatic carbocycles. The van der Waals surface area contributed by atoms with Crippen LogP contribution in [0.15, 0.2) is 40.9 Å². The molecule has 1 fully saturated rings. The number of halogens is 1. The Labute approximate surface area is 173 Å². The van der Waals surface area contributed by atoms with Gasteiger partial charge in [-0.15, -0.1) is 0 Å². The third kappa shape index (κ3) is 4.79. The number of allylic oxidation sites excluding steroid dienone is 1. The Kier molecular flexibility index (Phi) is 6.40. The highest BCUT2D eigenvalue weighted by Gasteiger charge is 2.43. The van der Waals surface area contributed by atoms with Gasteiger partial charge in [-0.2, -0.15) is 0 Å². The summed E-state index contributed by atoms with van der Waals surface area (Å²) < 4.78 is 13.0. The van der Waals surface area contributed by atoms with Gasteiger partial charge in [-0.25, -0.2) is 19.4 Å². The number of aliphatic hydroxyl groups excluding tert-OH is 1. The van der Waals surface area contributed by atoms with E-state index in [0.717, 1.165) is 11.9 Å². The Hall–Kier alpha value is -3.34. The summed E-state index contributed by atoms with van der Waals surface area (Å²) in [6.07, 6.45) is 4.85. The number of amides is 1. The lowest BCUT2D eigenvalue weighted by atomic mass is 10.0. The minimum absolute atomic E-state index is 0.0257. The van der Waals surface area contributed by atoms with Gasteiger partial charge in [-0.05, 0) is 25.3 Å². The lowest BCUT2D eigenvalue weighted by Gasteiger charge is -2.25. The molecule has 3 rings (SSSR count). The molecule has 160 valence electrons. The smallest absolute Gasteiger partial charge is 0.231 e. The summed E-state index contributed by atoms with van der Waals surface area (Å²) in [5.74, 6) is -0.728. The van der Waals surface area contributed by atoms with Crippen molar-refractivity contribution in [2.24, 2.45) is 16.6 Å². The van der Waals surface area contributed by atoms with E-state index in [0.29, 0.717) is 12.1 Å². The summed E-state index contributed by atoms with van der Waals surface area (Å²) >= 11 is 0. The third-order valence-electron chi connectivity index (χ3n) is 4.89. The van der Waals surface area contributed by atoms with Crippen molar-refractivity contribution in [2.45, 2.75) is 45.0 Å². The van der Waals surface area contributed by atoms with E-state index in [1.54, 1.807) is 6.20 Å². The lowest BCUT2D eigenvalue weighted by Crippen LogP contribution is -2.39. The third-order valence-corrected chi connectivity index (χ3v) is 4.89. The van der Waals surface area contributed by atoms with Crippen molar-refractivity contribution in [1.29, 1.82) is 5.41 Å². The normalized spacial score (nSPS) is 24.1. The largest absolute Gasteiger partial charge is 0.391 e. The van der Waals surface area contributed by atoms with Crippen LogP contribution in [-0.4, -0.2) is 51.6 Å². The molecule has 0 aromatic carbocycles. The highest BCUT2D eigenvalue weighted by Crippen LogP contribution is 2.34. The fourth-order valence-electron chi connectivity index (χ4n) is 2.92. The van der Waals surface area contributed by atoms with Crippen LogP contribution in [0, 0.1) is 11.3 Å². The van der Waals surface area contributed by atoms with Crippen molar-refractivity contribution in [3.8, 4) is 0 Å².